The highest BCUT2D eigenvalue weighted by atomic mass is 16.5. The van der Waals surface area contributed by atoms with E-state index in [-0.39, 0.29) is 5.91 Å². The van der Waals surface area contributed by atoms with E-state index in [0.29, 0.717) is 31.6 Å². The molecule has 0 radical (unpaired) electrons. The van der Waals surface area contributed by atoms with Crippen molar-refractivity contribution >= 4 is 23.2 Å². The first-order valence-electron chi connectivity index (χ1n) is 10.2. The highest BCUT2D eigenvalue weighted by molar-refractivity contribution is 6.36. The van der Waals surface area contributed by atoms with Crippen LogP contribution in [0, 0.1) is 13.8 Å². The lowest BCUT2D eigenvalue weighted by atomic mass is 9.93. The second-order valence-corrected chi connectivity index (χ2v) is 7.89. The number of carbonyl (C=O) groups excluding carboxylic acids is 1. The minimum absolute atomic E-state index is 0.158. The smallest absolute Gasteiger partial charge is 0.260 e. The average molecular weight is 413 g/mol. The molecule has 2 unspecified atom stereocenters. The highest BCUT2D eigenvalue weighted by Crippen LogP contribution is 2.42. The lowest BCUT2D eigenvalue weighted by Crippen LogP contribution is -2.68. The number of hydrogen-bond donors (Lipinski definition) is 3. The number of anilines is 1. The number of aromatic nitrogens is 1. The molecule has 1 aliphatic rings. The average Bonchev–Trinajstić information content (AvgIpc) is 3.20. The van der Waals surface area contributed by atoms with Gasteiger partial charge in [-0.2, -0.15) is 0 Å². The van der Waals surface area contributed by atoms with Crippen molar-refractivity contribution in [1.82, 2.24) is 4.98 Å². The Morgan fingerprint density at radius 2 is 1.90 bits per heavy atom. The van der Waals surface area contributed by atoms with E-state index < -0.39 is 11.7 Å². The summed E-state index contributed by atoms with van der Waals surface area (Å²) in [4.78, 5) is 18.7. The van der Waals surface area contributed by atoms with E-state index in [1.54, 1.807) is 19.1 Å². The van der Waals surface area contributed by atoms with Crippen molar-refractivity contribution in [3.05, 3.63) is 52.8 Å². The number of ether oxygens (including phenoxy) is 2. The number of aryl methyl sites for hydroxylation is 2. The summed E-state index contributed by atoms with van der Waals surface area (Å²) in [7, 11) is 3.24. The number of fused-ring (bicyclic) bond motifs is 1. The number of hydrogen-bond acceptors (Lipinski definition) is 5. The van der Waals surface area contributed by atoms with Crippen molar-refractivity contribution in [3.63, 3.8) is 0 Å². The van der Waals surface area contributed by atoms with Crippen molar-refractivity contribution in [2.45, 2.75) is 38.4 Å². The van der Waals surface area contributed by atoms with E-state index in [1.165, 1.54) is 0 Å². The SMILES string of the molecule is COCCC(N)C(N)(CCOC)N1C(=O)C(=Cc2[nH]c(C)cc2C)c2ccccc21. The molecule has 0 saturated heterocycles. The van der Waals surface area contributed by atoms with Gasteiger partial charge in [-0.3, -0.25) is 9.69 Å². The molecule has 0 aliphatic carbocycles. The van der Waals surface area contributed by atoms with Gasteiger partial charge in [-0.1, -0.05) is 18.2 Å². The van der Waals surface area contributed by atoms with Crippen LogP contribution in [-0.2, 0) is 14.3 Å². The van der Waals surface area contributed by atoms with Gasteiger partial charge in [0, 0.05) is 56.8 Å². The normalized spacial score (nSPS) is 18.0. The Morgan fingerprint density at radius 1 is 1.20 bits per heavy atom. The summed E-state index contributed by atoms with van der Waals surface area (Å²) >= 11 is 0. The van der Waals surface area contributed by atoms with Gasteiger partial charge in [-0.15, -0.1) is 0 Å². The lowest BCUT2D eigenvalue weighted by molar-refractivity contribution is -0.114. The Bertz CT molecular complexity index is 936. The van der Waals surface area contributed by atoms with Crippen LogP contribution >= 0.6 is 0 Å². The number of aromatic amines is 1. The molecule has 0 spiro atoms. The number of nitrogens with zero attached hydrogens (tertiary/aromatic N) is 1. The van der Waals surface area contributed by atoms with Crippen LogP contribution in [0.2, 0.25) is 0 Å². The standard InChI is InChI=1S/C23H32N4O3/c1-15-13-16(2)26-19(15)14-18-17-7-5-6-8-20(17)27(22(18)28)23(25,10-12-30-4)21(24)9-11-29-3/h5-8,13-14,21,26H,9-12,24-25H2,1-4H3. The van der Waals surface area contributed by atoms with E-state index in [4.69, 9.17) is 20.9 Å². The van der Waals surface area contributed by atoms with Crippen LogP contribution in [0.4, 0.5) is 5.69 Å². The summed E-state index contributed by atoms with van der Waals surface area (Å²) < 4.78 is 10.5. The number of methoxy groups -OCH3 is 2. The molecule has 2 atom stereocenters. The van der Waals surface area contributed by atoms with Crippen molar-refractivity contribution in [1.29, 1.82) is 0 Å². The molecule has 7 heteroatoms. The minimum atomic E-state index is -1.11. The van der Waals surface area contributed by atoms with Crippen LogP contribution < -0.4 is 16.4 Å². The molecular formula is C23H32N4O3. The molecule has 1 aromatic heterocycles. The van der Waals surface area contributed by atoms with Gasteiger partial charge in [0.05, 0.1) is 11.3 Å². The van der Waals surface area contributed by atoms with Crippen molar-refractivity contribution in [3.8, 4) is 0 Å². The van der Waals surface area contributed by atoms with Crippen LogP contribution in [0.3, 0.4) is 0 Å². The molecule has 2 aromatic rings. The van der Waals surface area contributed by atoms with Crippen molar-refractivity contribution < 1.29 is 14.3 Å². The lowest BCUT2D eigenvalue weighted by Gasteiger charge is -2.43. The highest BCUT2D eigenvalue weighted by Gasteiger charge is 2.47. The number of carbonyl (C=O) groups is 1. The maximum Gasteiger partial charge on any atom is 0.260 e. The minimum Gasteiger partial charge on any atom is -0.385 e. The molecule has 3 rings (SSSR count). The second-order valence-electron chi connectivity index (χ2n) is 7.89. The number of nitrogens with one attached hydrogen (secondary N) is 1. The number of amides is 1. The zero-order chi connectivity index (χ0) is 21.9. The Labute approximate surface area is 178 Å². The maximum atomic E-state index is 13.7. The molecule has 0 fully saturated rings. The summed E-state index contributed by atoms with van der Waals surface area (Å²) in [5, 5.41) is 0. The second kappa shape index (κ2) is 9.14. The fourth-order valence-corrected chi connectivity index (χ4v) is 4.06. The molecule has 1 amide bonds. The van der Waals surface area contributed by atoms with E-state index in [9.17, 15) is 4.79 Å². The summed E-state index contributed by atoms with van der Waals surface area (Å²) in [5.41, 5.74) is 17.5. The zero-order valence-electron chi connectivity index (χ0n) is 18.2. The molecule has 7 nitrogen and oxygen atoms in total. The summed E-state index contributed by atoms with van der Waals surface area (Å²) in [6, 6.07) is 9.26. The Morgan fingerprint density at radius 3 is 2.53 bits per heavy atom. The predicted molar refractivity (Wildman–Crippen MR) is 120 cm³/mol. The Balaban J connectivity index is 2.09. The van der Waals surface area contributed by atoms with E-state index in [2.05, 4.69) is 11.1 Å². The molecule has 30 heavy (non-hydrogen) atoms. The van der Waals surface area contributed by atoms with Crippen LogP contribution in [0.5, 0.6) is 0 Å². The number of benzene rings is 1. The topological polar surface area (TPSA) is 107 Å². The van der Waals surface area contributed by atoms with Gasteiger partial charge >= 0.3 is 0 Å². The third kappa shape index (κ3) is 4.06. The van der Waals surface area contributed by atoms with Gasteiger partial charge in [-0.25, -0.2) is 0 Å². The first kappa shape index (κ1) is 22.2. The van der Waals surface area contributed by atoms with E-state index in [1.807, 2.05) is 44.2 Å². The molecular weight excluding hydrogens is 380 g/mol. The van der Waals surface area contributed by atoms with Gasteiger partial charge < -0.3 is 25.9 Å². The number of H-pyrrole nitrogens is 1. The monoisotopic (exact) mass is 412 g/mol. The molecule has 1 aromatic carbocycles. The Kier molecular flexibility index (Phi) is 6.77. The van der Waals surface area contributed by atoms with Gasteiger partial charge in [0.15, 0.2) is 0 Å². The van der Waals surface area contributed by atoms with Gasteiger partial charge in [0.25, 0.3) is 5.91 Å². The van der Waals surface area contributed by atoms with E-state index >= 15 is 0 Å². The summed E-state index contributed by atoms with van der Waals surface area (Å²) in [6.07, 6.45) is 2.83. The largest absolute Gasteiger partial charge is 0.385 e. The first-order valence-corrected chi connectivity index (χ1v) is 10.2. The quantitative estimate of drug-likeness (QED) is 0.549. The number of rotatable bonds is 9. The molecule has 1 aliphatic heterocycles. The molecule has 5 N–H and O–H groups in total. The fourth-order valence-electron chi connectivity index (χ4n) is 4.06. The molecule has 162 valence electrons. The molecule has 2 heterocycles. The first-order chi connectivity index (χ1) is 14.3. The van der Waals surface area contributed by atoms with Gasteiger partial charge in [0.2, 0.25) is 0 Å². The van der Waals surface area contributed by atoms with Gasteiger partial charge in [-0.05, 0) is 44.0 Å². The summed E-state index contributed by atoms with van der Waals surface area (Å²) in [6.45, 7) is 4.86. The van der Waals surface area contributed by atoms with Crippen molar-refractivity contribution in [2.75, 3.05) is 32.3 Å². The third-order valence-electron chi connectivity index (χ3n) is 5.75. The maximum absolute atomic E-state index is 13.7. The van der Waals surface area contributed by atoms with Crippen LogP contribution in [0.25, 0.3) is 11.6 Å². The predicted octanol–water partition coefficient (Wildman–Crippen LogP) is 2.57. The third-order valence-corrected chi connectivity index (χ3v) is 5.75. The fraction of sp³-hybridized carbons (Fsp3) is 0.435. The number of para-hydroxylation sites is 1. The van der Waals surface area contributed by atoms with Crippen LogP contribution in [0.15, 0.2) is 30.3 Å². The van der Waals surface area contributed by atoms with Crippen molar-refractivity contribution in [2.24, 2.45) is 11.5 Å². The molecule has 0 saturated carbocycles. The van der Waals surface area contributed by atoms with Crippen LogP contribution in [-0.4, -0.2) is 50.0 Å². The Hall–Kier alpha value is -2.45. The number of nitrogens with two attached hydrogens (primary N) is 2. The zero-order valence-corrected chi connectivity index (χ0v) is 18.2. The van der Waals surface area contributed by atoms with E-state index in [0.717, 1.165) is 28.2 Å². The molecule has 0 bridgehead atoms. The van der Waals surface area contributed by atoms with Crippen LogP contribution in [0.1, 0.15) is 35.4 Å². The van der Waals surface area contributed by atoms with Gasteiger partial charge in [0.1, 0.15) is 5.66 Å². The summed E-state index contributed by atoms with van der Waals surface area (Å²) in [5.74, 6) is -0.158.